The van der Waals surface area contributed by atoms with Crippen molar-refractivity contribution in [2.24, 2.45) is 0 Å². The third-order valence-electron chi connectivity index (χ3n) is 4.42. The molecule has 1 N–H and O–H groups in total. The second-order valence-corrected chi connectivity index (χ2v) is 5.74. The van der Waals surface area contributed by atoms with Crippen molar-refractivity contribution >= 4 is 11.8 Å². The normalized spacial score (nSPS) is 21.9. The predicted molar refractivity (Wildman–Crippen MR) is 79.6 cm³/mol. The Morgan fingerprint density at radius 3 is 2.33 bits per heavy atom. The number of fused-ring (bicyclic) bond motifs is 1. The predicted octanol–water partition coefficient (Wildman–Crippen LogP) is 0.392. The molecule has 21 heavy (non-hydrogen) atoms. The quantitative estimate of drug-likeness (QED) is 0.813. The molecule has 2 amide bonds. The van der Waals surface area contributed by atoms with Crippen LogP contribution in [0.4, 0.5) is 0 Å². The fraction of sp³-hybridized carbons (Fsp3) is 0.500. The second-order valence-electron chi connectivity index (χ2n) is 5.74. The number of carbonyl (C=O) groups is 2. The van der Waals surface area contributed by atoms with Gasteiger partial charge in [-0.25, -0.2) is 0 Å². The third-order valence-corrected chi connectivity index (χ3v) is 4.42. The molecule has 2 aliphatic heterocycles. The summed E-state index contributed by atoms with van der Waals surface area (Å²) in [5, 5.41) is 3.33. The summed E-state index contributed by atoms with van der Waals surface area (Å²) in [6.07, 6.45) is 0.752. The molecule has 5 nitrogen and oxygen atoms in total. The molecule has 1 fully saturated rings. The molecule has 0 bridgehead atoms. The van der Waals surface area contributed by atoms with Gasteiger partial charge in [0.1, 0.15) is 0 Å². The first-order valence-electron chi connectivity index (χ1n) is 7.49. The van der Waals surface area contributed by atoms with Gasteiger partial charge in [0.2, 0.25) is 11.8 Å². The van der Waals surface area contributed by atoms with E-state index in [0.717, 1.165) is 13.0 Å². The molecule has 0 unspecified atom stereocenters. The molecular weight excluding hydrogens is 266 g/mol. The van der Waals surface area contributed by atoms with Crippen molar-refractivity contribution in [3.63, 3.8) is 0 Å². The number of carbonyl (C=O) groups excluding carboxylic acids is 2. The highest BCUT2D eigenvalue weighted by Crippen LogP contribution is 2.18. The highest BCUT2D eigenvalue weighted by Gasteiger charge is 2.30. The number of benzene rings is 1. The van der Waals surface area contributed by atoms with Gasteiger partial charge in [0.05, 0.1) is 6.04 Å². The fourth-order valence-corrected chi connectivity index (χ4v) is 3.09. The van der Waals surface area contributed by atoms with Gasteiger partial charge in [-0.1, -0.05) is 24.3 Å². The van der Waals surface area contributed by atoms with Gasteiger partial charge in [0, 0.05) is 39.6 Å². The van der Waals surface area contributed by atoms with Crippen molar-refractivity contribution in [3.8, 4) is 0 Å². The molecule has 1 atom stereocenters. The number of nitrogens with one attached hydrogen (secondary N) is 1. The van der Waals surface area contributed by atoms with Gasteiger partial charge in [-0.2, -0.15) is 0 Å². The Morgan fingerprint density at radius 2 is 1.67 bits per heavy atom. The standard InChI is InChI=1S/C16H21N3O2/c1-12(20)18-6-8-19(9-7-18)16(21)15-10-13-4-2-3-5-14(13)11-17-15/h2-5,15,17H,6-11H2,1H3/t15-/m0/s1. The van der Waals surface area contributed by atoms with E-state index < -0.39 is 0 Å². The van der Waals surface area contributed by atoms with Crippen molar-refractivity contribution < 1.29 is 9.59 Å². The van der Waals surface area contributed by atoms with E-state index in [-0.39, 0.29) is 17.9 Å². The van der Waals surface area contributed by atoms with Crippen molar-refractivity contribution in [2.45, 2.75) is 25.9 Å². The minimum Gasteiger partial charge on any atom is -0.339 e. The van der Waals surface area contributed by atoms with E-state index in [0.29, 0.717) is 26.2 Å². The molecule has 0 aromatic heterocycles. The Hall–Kier alpha value is -1.88. The van der Waals surface area contributed by atoms with Crippen LogP contribution in [-0.2, 0) is 22.6 Å². The fourth-order valence-electron chi connectivity index (χ4n) is 3.09. The first kappa shape index (κ1) is 14.1. The van der Waals surface area contributed by atoms with Gasteiger partial charge in [-0.05, 0) is 17.5 Å². The molecule has 0 aliphatic carbocycles. The van der Waals surface area contributed by atoms with Crippen molar-refractivity contribution in [2.75, 3.05) is 26.2 Å². The van der Waals surface area contributed by atoms with E-state index in [1.54, 1.807) is 11.8 Å². The molecule has 3 rings (SSSR count). The first-order valence-corrected chi connectivity index (χ1v) is 7.49. The highest BCUT2D eigenvalue weighted by atomic mass is 16.2. The molecule has 0 saturated carbocycles. The summed E-state index contributed by atoms with van der Waals surface area (Å²) >= 11 is 0. The van der Waals surface area contributed by atoms with Crippen LogP contribution in [0.1, 0.15) is 18.1 Å². The van der Waals surface area contributed by atoms with E-state index in [2.05, 4.69) is 17.4 Å². The molecule has 2 aliphatic rings. The second kappa shape index (κ2) is 5.85. The lowest BCUT2D eigenvalue weighted by molar-refractivity contribution is -0.140. The lowest BCUT2D eigenvalue weighted by atomic mass is 9.95. The zero-order valence-corrected chi connectivity index (χ0v) is 12.3. The number of piperazine rings is 1. The van der Waals surface area contributed by atoms with Gasteiger partial charge in [-0.15, -0.1) is 0 Å². The lowest BCUT2D eigenvalue weighted by Gasteiger charge is -2.37. The van der Waals surface area contributed by atoms with Gasteiger partial charge in [-0.3, -0.25) is 9.59 Å². The molecule has 0 radical (unpaired) electrons. The van der Waals surface area contributed by atoms with Crippen LogP contribution in [0.5, 0.6) is 0 Å². The van der Waals surface area contributed by atoms with Crippen LogP contribution >= 0.6 is 0 Å². The van der Waals surface area contributed by atoms with E-state index in [1.165, 1.54) is 11.1 Å². The molecular formula is C16H21N3O2. The molecule has 2 heterocycles. The van der Waals surface area contributed by atoms with Crippen molar-refractivity contribution in [1.29, 1.82) is 0 Å². The maximum atomic E-state index is 12.6. The maximum absolute atomic E-state index is 12.6. The zero-order valence-electron chi connectivity index (χ0n) is 12.3. The number of nitrogens with zero attached hydrogens (tertiary/aromatic N) is 2. The van der Waals surface area contributed by atoms with Crippen LogP contribution in [0.15, 0.2) is 24.3 Å². The van der Waals surface area contributed by atoms with E-state index >= 15 is 0 Å². The molecule has 112 valence electrons. The Kier molecular flexibility index (Phi) is 3.92. The highest BCUT2D eigenvalue weighted by molar-refractivity contribution is 5.83. The SMILES string of the molecule is CC(=O)N1CCN(C(=O)[C@@H]2Cc3ccccc3CN2)CC1. The average molecular weight is 287 g/mol. The first-order chi connectivity index (χ1) is 10.1. The number of hydrogen-bond acceptors (Lipinski definition) is 3. The molecule has 0 spiro atoms. The smallest absolute Gasteiger partial charge is 0.240 e. The van der Waals surface area contributed by atoms with E-state index in [1.807, 2.05) is 17.0 Å². The lowest BCUT2D eigenvalue weighted by Crippen LogP contribution is -2.56. The van der Waals surface area contributed by atoms with Crippen LogP contribution in [0.3, 0.4) is 0 Å². The number of amides is 2. The van der Waals surface area contributed by atoms with Crippen LogP contribution in [-0.4, -0.2) is 53.8 Å². The molecule has 5 heteroatoms. The van der Waals surface area contributed by atoms with Gasteiger partial charge in [0.25, 0.3) is 0 Å². The van der Waals surface area contributed by atoms with Crippen LogP contribution in [0.2, 0.25) is 0 Å². The van der Waals surface area contributed by atoms with Crippen LogP contribution < -0.4 is 5.32 Å². The molecule has 1 aromatic rings. The maximum Gasteiger partial charge on any atom is 0.240 e. The number of rotatable bonds is 1. The van der Waals surface area contributed by atoms with Crippen molar-refractivity contribution in [3.05, 3.63) is 35.4 Å². The summed E-state index contributed by atoms with van der Waals surface area (Å²) in [7, 11) is 0. The van der Waals surface area contributed by atoms with E-state index in [9.17, 15) is 9.59 Å². The minimum absolute atomic E-state index is 0.0896. The van der Waals surface area contributed by atoms with Gasteiger partial charge < -0.3 is 15.1 Å². The largest absolute Gasteiger partial charge is 0.339 e. The summed E-state index contributed by atoms with van der Waals surface area (Å²) in [4.78, 5) is 27.6. The van der Waals surface area contributed by atoms with E-state index in [4.69, 9.17) is 0 Å². The number of hydrogen-bond donors (Lipinski definition) is 1. The summed E-state index contributed by atoms with van der Waals surface area (Å²) in [6, 6.07) is 8.13. The van der Waals surface area contributed by atoms with Crippen LogP contribution in [0, 0.1) is 0 Å². The Balaban J connectivity index is 1.61. The summed E-state index contributed by atoms with van der Waals surface area (Å²) in [5.74, 6) is 0.250. The van der Waals surface area contributed by atoms with Crippen LogP contribution in [0.25, 0.3) is 0 Å². The molecule has 1 saturated heterocycles. The topological polar surface area (TPSA) is 52.7 Å². The summed E-state index contributed by atoms with van der Waals surface area (Å²) in [5.41, 5.74) is 2.54. The minimum atomic E-state index is -0.135. The Morgan fingerprint density at radius 1 is 1.05 bits per heavy atom. The van der Waals surface area contributed by atoms with Gasteiger partial charge >= 0.3 is 0 Å². The summed E-state index contributed by atoms with van der Waals surface area (Å²) in [6.45, 7) is 4.89. The van der Waals surface area contributed by atoms with Gasteiger partial charge in [0.15, 0.2) is 0 Å². The van der Waals surface area contributed by atoms with Crippen molar-refractivity contribution in [1.82, 2.24) is 15.1 Å². The Labute approximate surface area is 124 Å². The zero-order chi connectivity index (χ0) is 14.8. The summed E-state index contributed by atoms with van der Waals surface area (Å²) < 4.78 is 0. The average Bonchev–Trinajstić information content (AvgIpc) is 2.54. The monoisotopic (exact) mass is 287 g/mol. The Bertz CT molecular complexity index is 550. The third kappa shape index (κ3) is 2.93. The molecule has 1 aromatic carbocycles.